The number of aromatic nitrogens is 2. The summed E-state index contributed by atoms with van der Waals surface area (Å²) in [6, 6.07) is 9.19. The predicted octanol–water partition coefficient (Wildman–Crippen LogP) is 5.26. The van der Waals surface area contributed by atoms with Crippen molar-refractivity contribution in [3.8, 4) is 22.6 Å². The minimum Gasteiger partial charge on any atom is -0.456 e. The summed E-state index contributed by atoms with van der Waals surface area (Å²) in [6.07, 6.45) is 4.14. The molecule has 1 fully saturated rings. The van der Waals surface area contributed by atoms with Gasteiger partial charge in [0.2, 0.25) is 0 Å². The number of carbonyl (C=O) groups excluding carboxylic acids is 1. The Labute approximate surface area is 202 Å². The molecule has 0 bridgehead atoms. The van der Waals surface area contributed by atoms with Crippen LogP contribution in [-0.4, -0.2) is 48.3 Å². The first kappa shape index (κ1) is 23.3. The van der Waals surface area contributed by atoms with Gasteiger partial charge in [0.05, 0.1) is 25.0 Å². The first-order chi connectivity index (χ1) is 17.0. The molecule has 0 unspecified atom stereocenters. The fourth-order valence-corrected chi connectivity index (χ4v) is 4.91. The molecule has 3 aromatic rings. The highest BCUT2D eigenvalue weighted by molar-refractivity contribution is 5.92. The number of halogens is 2. The van der Waals surface area contributed by atoms with E-state index in [1.807, 2.05) is 25.3 Å². The van der Waals surface area contributed by atoms with Crippen LogP contribution in [0.1, 0.15) is 31.4 Å². The number of nitrogens with zero attached hydrogens (tertiary/aromatic N) is 3. The van der Waals surface area contributed by atoms with Crippen LogP contribution in [0.3, 0.4) is 0 Å². The van der Waals surface area contributed by atoms with Crippen LogP contribution in [0.25, 0.3) is 11.1 Å². The summed E-state index contributed by atoms with van der Waals surface area (Å²) < 4.78 is 41.1. The smallest absolute Gasteiger partial charge is 0.414 e. The van der Waals surface area contributed by atoms with Gasteiger partial charge in [0.25, 0.3) is 0 Å². The van der Waals surface area contributed by atoms with Crippen LogP contribution in [0.15, 0.2) is 48.8 Å². The van der Waals surface area contributed by atoms with E-state index >= 15 is 0 Å². The lowest BCUT2D eigenvalue weighted by Crippen LogP contribution is -2.42. The zero-order valence-corrected chi connectivity index (χ0v) is 19.7. The Morgan fingerprint density at radius 3 is 2.71 bits per heavy atom. The molecule has 2 aromatic carbocycles. The first-order valence-electron chi connectivity index (χ1n) is 11.8. The number of rotatable bonds is 4. The van der Waals surface area contributed by atoms with E-state index in [9.17, 15) is 13.6 Å². The number of hydrogen-bond donors (Lipinski definition) is 1. The van der Waals surface area contributed by atoms with Gasteiger partial charge in [-0.05, 0) is 69.1 Å². The summed E-state index contributed by atoms with van der Waals surface area (Å²) in [5.74, 6) is 0.679. The number of alkyl halides is 1. The van der Waals surface area contributed by atoms with Crippen molar-refractivity contribution in [2.45, 2.75) is 44.4 Å². The number of piperidine rings is 1. The Morgan fingerprint density at radius 2 is 1.97 bits per heavy atom. The van der Waals surface area contributed by atoms with Crippen molar-refractivity contribution in [3.05, 3.63) is 60.2 Å². The second kappa shape index (κ2) is 9.65. The molecule has 3 atom stereocenters. The van der Waals surface area contributed by atoms with E-state index in [1.165, 1.54) is 19.2 Å². The normalized spacial score (nSPS) is 21.9. The molecular formula is C26H28F2N4O3. The second-order valence-corrected chi connectivity index (χ2v) is 9.01. The Kier molecular flexibility index (Phi) is 6.42. The maximum atomic E-state index is 14.5. The highest BCUT2D eigenvalue weighted by Crippen LogP contribution is 2.45. The third kappa shape index (κ3) is 4.48. The van der Waals surface area contributed by atoms with Crippen LogP contribution >= 0.6 is 0 Å². The maximum Gasteiger partial charge on any atom is 0.414 e. The molecule has 5 rings (SSSR count). The van der Waals surface area contributed by atoms with Gasteiger partial charge in [-0.25, -0.2) is 13.6 Å². The minimum atomic E-state index is -1.02. The molecule has 9 heteroatoms. The Hall–Kier alpha value is -3.46. The number of hydrogen-bond acceptors (Lipinski definition) is 5. The van der Waals surface area contributed by atoms with Crippen LogP contribution in [0.4, 0.5) is 19.3 Å². The van der Waals surface area contributed by atoms with Crippen molar-refractivity contribution in [1.29, 1.82) is 0 Å². The SMILES string of the molecule is COC(=O)N1c2ccc(-c3cnn([C@H]4CCNC[C@H]4F)c3)c(Oc3ccc(F)cc3)c2CC[C@@H]1C. The van der Waals surface area contributed by atoms with Crippen molar-refractivity contribution in [1.82, 2.24) is 15.1 Å². The number of ether oxygens (including phenoxy) is 2. The minimum absolute atomic E-state index is 0.0383. The van der Waals surface area contributed by atoms with Crippen LogP contribution in [0, 0.1) is 5.82 Å². The van der Waals surface area contributed by atoms with Gasteiger partial charge in [-0.3, -0.25) is 9.58 Å². The molecule has 0 spiro atoms. The molecular weight excluding hydrogens is 454 g/mol. The summed E-state index contributed by atoms with van der Waals surface area (Å²) in [5.41, 5.74) is 3.11. The lowest BCUT2D eigenvalue weighted by Gasteiger charge is -2.35. The van der Waals surface area contributed by atoms with Gasteiger partial charge in [-0.15, -0.1) is 0 Å². The fourth-order valence-electron chi connectivity index (χ4n) is 4.91. The molecule has 1 saturated heterocycles. The molecule has 184 valence electrons. The monoisotopic (exact) mass is 482 g/mol. The Bertz CT molecular complexity index is 1210. The molecule has 0 aliphatic carbocycles. The topological polar surface area (TPSA) is 68.6 Å². The average molecular weight is 483 g/mol. The highest BCUT2D eigenvalue weighted by Gasteiger charge is 2.33. The van der Waals surface area contributed by atoms with Gasteiger partial charge in [-0.1, -0.05) is 0 Å². The first-order valence-corrected chi connectivity index (χ1v) is 11.8. The van der Waals surface area contributed by atoms with Crippen molar-refractivity contribution in [2.75, 3.05) is 25.1 Å². The van der Waals surface area contributed by atoms with Crippen LogP contribution in [0.2, 0.25) is 0 Å². The van der Waals surface area contributed by atoms with Gasteiger partial charge < -0.3 is 14.8 Å². The van der Waals surface area contributed by atoms with E-state index in [0.29, 0.717) is 36.6 Å². The van der Waals surface area contributed by atoms with Gasteiger partial charge >= 0.3 is 6.09 Å². The van der Waals surface area contributed by atoms with Crippen LogP contribution in [-0.2, 0) is 11.2 Å². The summed E-state index contributed by atoms with van der Waals surface area (Å²) in [4.78, 5) is 14.2. The van der Waals surface area contributed by atoms with E-state index < -0.39 is 12.3 Å². The summed E-state index contributed by atoms with van der Waals surface area (Å²) in [5, 5.41) is 7.53. The number of fused-ring (bicyclic) bond motifs is 1. The van der Waals surface area contributed by atoms with Gasteiger partial charge in [0.15, 0.2) is 0 Å². The quantitative estimate of drug-likeness (QED) is 0.549. The number of nitrogens with one attached hydrogen (secondary N) is 1. The molecule has 2 aliphatic heterocycles. The van der Waals surface area contributed by atoms with E-state index in [4.69, 9.17) is 9.47 Å². The largest absolute Gasteiger partial charge is 0.456 e. The molecule has 35 heavy (non-hydrogen) atoms. The van der Waals surface area contributed by atoms with E-state index in [0.717, 1.165) is 29.7 Å². The molecule has 1 aromatic heterocycles. The molecule has 0 radical (unpaired) electrons. The van der Waals surface area contributed by atoms with Crippen LogP contribution in [0.5, 0.6) is 11.5 Å². The molecule has 0 saturated carbocycles. The average Bonchev–Trinajstić information content (AvgIpc) is 3.35. The van der Waals surface area contributed by atoms with Crippen LogP contribution < -0.4 is 15.0 Å². The lowest BCUT2D eigenvalue weighted by molar-refractivity contribution is 0.173. The van der Waals surface area contributed by atoms with Crippen molar-refractivity contribution in [2.24, 2.45) is 0 Å². The molecule has 3 heterocycles. The third-order valence-electron chi connectivity index (χ3n) is 6.78. The molecule has 7 nitrogen and oxygen atoms in total. The Morgan fingerprint density at radius 1 is 1.17 bits per heavy atom. The van der Waals surface area contributed by atoms with E-state index in [1.54, 1.807) is 27.9 Å². The molecule has 1 N–H and O–H groups in total. The highest BCUT2D eigenvalue weighted by atomic mass is 19.1. The number of carbonyl (C=O) groups is 1. The fraction of sp³-hybridized carbons (Fsp3) is 0.385. The molecule has 1 amide bonds. The molecule has 2 aliphatic rings. The van der Waals surface area contributed by atoms with Crippen molar-refractivity contribution in [3.63, 3.8) is 0 Å². The van der Waals surface area contributed by atoms with Gasteiger partial charge in [0, 0.05) is 35.5 Å². The predicted molar refractivity (Wildman–Crippen MR) is 128 cm³/mol. The maximum absolute atomic E-state index is 14.5. The summed E-state index contributed by atoms with van der Waals surface area (Å²) in [7, 11) is 1.36. The standard InChI is InChI=1S/C26H28F2N4O3/c1-16-3-8-21-23(32(16)26(33)34-2)10-9-20(25(21)35-19-6-4-18(27)5-7-19)17-13-30-31(15-17)24-11-12-29-14-22(24)28/h4-7,9-10,13,15-16,22,24,29H,3,8,11-12,14H2,1-2H3/t16-,22+,24-/m0/s1. The Balaban J connectivity index is 1.60. The number of amides is 1. The number of anilines is 1. The summed E-state index contributed by atoms with van der Waals surface area (Å²) >= 11 is 0. The number of methoxy groups -OCH3 is 1. The van der Waals surface area contributed by atoms with Crippen molar-refractivity contribution >= 4 is 11.8 Å². The van der Waals surface area contributed by atoms with Gasteiger partial charge in [-0.2, -0.15) is 5.10 Å². The lowest BCUT2D eigenvalue weighted by atomic mass is 9.92. The number of benzene rings is 2. The zero-order valence-electron chi connectivity index (χ0n) is 19.7. The second-order valence-electron chi connectivity index (χ2n) is 9.01. The van der Waals surface area contributed by atoms with E-state index in [2.05, 4.69) is 10.4 Å². The van der Waals surface area contributed by atoms with Gasteiger partial charge in [0.1, 0.15) is 23.5 Å². The van der Waals surface area contributed by atoms with Crippen molar-refractivity contribution < 1.29 is 23.0 Å². The zero-order chi connectivity index (χ0) is 24.5. The summed E-state index contributed by atoms with van der Waals surface area (Å²) in [6.45, 7) is 3.02. The van der Waals surface area contributed by atoms with E-state index in [-0.39, 0.29) is 17.9 Å². The third-order valence-corrected chi connectivity index (χ3v) is 6.78.